The Labute approximate surface area is 84.6 Å². The molecule has 2 rings (SSSR count). The fourth-order valence-electron chi connectivity index (χ4n) is 1.28. The first-order chi connectivity index (χ1) is 6.77. The number of nitrogens with zero attached hydrogens (tertiary/aromatic N) is 2. The van der Waals surface area contributed by atoms with Gasteiger partial charge in [0.1, 0.15) is 0 Å². The van der Waals surface area contributed by atoms with E-state index in [0.29, 0.717) is 6.54 Å². The predicted molar refractivity (Wildman–Crippen MR) is 54.5 cm³/mol. The summed E-state index contributed by atoms with van der Waals surface area (Å²) >= 11 is 1.17. The summed E-state index contributed by atoms with van der Waals surface area (Å²) in [7, 11) is 0. The van der Waals surface area contributed by atoms with Crippen LogP contribution in [0.1, 0.15) is 5.56 Å². The van der Waals surface area contributed by atoms with Crippen LogP contribution in [0, 0.1) is 10.1 Å². The largest absolute Gasteiger partial charge is 0.350 e. The lowest BCUT2D eigenvalue weighted by atomic mass is 10.3. The Morgan fingerprint density at radius 3 is 2.79 bits per heavy atom. The molecule has 14 heavy (non-hydrogen) atoms. The summed E-state index contributed by atoms with van der Waals surface area (Å²) in [6.45, 7) is 0.562. The van der Waals surface area contributed by atoms with E-state index in [2.05, 4.69) is 0 Å². The number of aromatic nitrogens is 1. The van der Waals surface area contributed by atoms with Crippen molar-refractivity contribution in [1.82, 2.24) is 4.57 Å². The van der Waals surface area contributed by atoms with Gasteiger partial charge in [0.2, 0.25) is 0 Å². The van der Waals surface area contributed by atoms with Gasteiger partial charge < -0.3 is 4.57 Å². The molecule has 0 N–H and O–H groups in total. The van der Waals surface area contributed by atoms with Gasteiger partial charge in [-0.2, -0.15) is 0 Å². The molecule has 0 bridgehead atoms. The molecule has 0 atom stereocenters. The van der Waals surface area contributed by atoms with E-state index < -0.39 is 0 Å². The highest BCUT2D eigenvalue weighted by molar-refractivity contribution is 7.13. The Morgan fingerprint density at radius 2 is 2.14 bits per heavy atom. The minimum atomic E-state index is -0.330. The average molecular weight is 208 g/mol. The number of hydrogen-bond donors (Lipinski definition) is 0. The van der Waals surface area contributed by atoms with Gasteiger partial charge in [0.05, 0.1) is 17.0 Å². The minimum absolute atomic E-state index is 0.235. The summed E-state index contributed by atoms with van der Waals surface area (Å²) in [6.07, 6.45) is 3.78. The monoisotopic (exact) mass is 208 g/mol. The molecule has 0 aliphatic heterocycles. The lowest BCUT2D eigenvalue weighted by Crippen LogP contribution is -1.97. The van der Waals surface area contributed by atoms with Gasteiger partial charge in [-0.3, -0.25) is 10.1 Å². The van der Waals surface area contributed by atoms with Crippen LogP contribution in [0.2, 0.25) is 0 Å². The third kappa shape index (κ3) is 1.67. The van der Waals surface area contributed by atoms with Crippen molar-refractivity contribution < 1.29 is 4.92 Å². The Bertz CT molecular complexity index is 433. The number of hydrogen-bond acceptors (Lipinski definition) is 3. The summed E-state index contributed by atoms with van der Waals surface area (Å²) in [5.74, 6) is 0. The van der Waals surface area contributed by atoms with Gasteiger partial charge in [-0.1, -0.05) is 11.3 Å². The first kappa shape index (κ1) is 8.96. The van der Waals surface area contributed by atoms with Gasteiger partial charge >= 0.3 is 5.00 Å². The van der Waals surface area contributed by atoms with Crippen LogP contribution in [-0.2, 0) is 6.54 Å². The third-order valence-electron chi connectivity index (χ3n) is 1.91. The van der Waals surface area contributed by atoms with Gasteiger partial charge in [-0.05, 0) is 23.6 Å². The molecule has 2 aromatic rings. The summed E-state index contributed by atoms with van der Waals surface area (Å²) < 4.78 is 1.91. The molecule has 0 unspecified atom stereocenters. The Hall–Kier alpha value is -1.62. The molecule has 0 fully saturated rings. The highest BCUT2D eigenvalue weighted by atomic mass is 32.1. The normalized spacial score (nSPS) is 10.3. The van der Waals surface area contributed by atoms with Crippen LogP contribution in [0.15, 0.2) is 36.0 Å². The van der Waals surface area contributed by atoms with E-state index in [1.807, 2.05) is 29.1 Å². The zero-order chi connectivity index (χ0) is 9.97. The smallest absolute Gasteiger partial charge is 0.329 e. The van der Waals surface area contributed by atoms with Gasteiger partial charge in [-0.25, -0.2) is 0 Å². The van der Waals surface area contributed by atoms with Gasteiger partial charge in [0.15, 0.2) is 0 Å². The van der Waals surface area contributed by atoms with Crippen molar-refractivity contribution in [3.05, 3.63) is 51.7 Å². The van der Waals surface area contributed by atoms with Crippen LogP contribution in [-0.4, -0.2) is 9.49 Å². The van der Waals surface area contributed by atoms with Gasteiger partial charge in [0.25, 0.3) is 0 Å². The van der Waals surface area contributed by atoms with Crippen molar-refractivity contribution in [3.63, 3.8) is 0 Å². The zero-order valence-electron chi connectivity index (χ0n) is 7.29. The summed E-state index contributed by atoms with van der Waals surface area (Å²) in [6, 6.07) is 5.60. The van der Waals surface area contributed by atoms with Gasteiger partial charge in [-0.15, -0.1) is 0 Å². The Kier molecular flexibility index (Phi) is 2.32. The van der Waals surface area contributed by atoms with E-state index >= 15 is 0 Å². The maximum atomic E-state index is 10.6. The first-order valence-corrected chi connectivity index (χ1v) is 4.97. The molecule has 0 saturated heterocycles. The molecule has 0 radical (unpaired) electrons. The van der Waals surface area contributed by atoms with Crippen LogP contribution < -0.4 is 0 Å². The molecule has 2 aromatic heterocycles. The second-order valence-corrected chi connectivity index (χ2v) is 3.76. The average Bonchev–Trinajstić information content (AvgIpc) is 2.75. The van der Waals surface area contributed by atoms with E-state index in [-0.39, 0.29) is 9.92 Å². The van der Waals surface area contributed by atoms with E-state index in [4.69, 9.17) is 0 Å². The van der Waals surface area contributed by atoms with Crippen molar-refractivity contribution in [2.24, 2.45) is 0 Å². The molecule has 5 heteroatoms. The predicted octanol–water partition coefficient (Wildman–Crippen LogP) is 2.51. The van der Waals surface area contributed by atoms with Crippen molar-refractivity contribution >= 4 is 16.3 Å². The number of nitro groups is 1. The Morgan fingerprint density at radius 1 is 1.43 bits per heavy atom. The maximum Gasteiger partial charge on any atom is 0.329 e. The third-order valence-corrected chi connectivity index (χ3v) is 2.82. The zero-order valence-corrected chi connectivity index (χ0v) is 8.11. The molecule has 0 aromatic carbocycles. The molecular formula is C9H8N2O2S. The number of rotatable bonds is 3. The highest BCUT2D eigenvalue weighted by Crippen LogP contribution is 2.26. The van der Waals surface area contributed by atoms with Crippen LogP contribution in [0.5, 0.6) is 0 Å². The number of thiophene rings is 1. The van der Waals surface area contributed by atoms with Gasteiger partial charge in [0, 0.05) is 12.4 Å². The lowest BCUT2D eigenvalue weighted by Gasteiger charge is -1.99. The second kappa shape index (κ2) is 3.63. The molecular weight excluding hydrogens is 200 g/mol. The quantitative estimate of drug-likeness (QED) is 0.574. The SMILES string of the molecule is O=[N+]([O-])c1sccc1Cn1cccc1. The van der Waals surface area contributed by atoms with E-state index in [9.17, 15) is 10.1 Å². The van der Waals surface area contributed by atoms with Crippen LogP contribution in [0.3, 0.4) is 0 Å². The van der Waals surface area contributed by atoms with Crippen molar-refractivity contribution in [3.8, 4) is 0 Å². The highest BCUT2D eigenvalue weighted by Gasteiger charge is 2.14. The molecule has 2 heterocycles. The van der Waals surface area contributed by atoms with Crippen LogP contribution in [0.4, 0.5) is 5.00 Å². The van der Waals surface area contributed by atoms with Crippen molar-refractivity contribution in [1.29, 1.82) is 0 Å². The summed E-state index contributed by atoms with van der Waals surface area (Å²) in [5, 5.41) is 12.6. The van der Waals surface area contributed by atoms with Crippen LogP contribution in [0.25, 0.3) is 0 Å². The lowest BCUT2D eigenvalue weighted by molar-refractivity contribution is -0.380. The van der Waals surface area contributed by atoms with Crippen LogP contribution >= 0.6 is 11.3 Å². The second-order valence-electron chi connectivity index (χ2n) is 2.86. The fourth-order valence-corrected chi connectivity index (χ4v) is 2.01. The molecule has 0 aliphatic carbocycles. The maximum absolute atomic E-state index is 10.6. The Balaban J connectivity index is 2.25. The molecule has 0 saturated carbocycles. The molecule has 0 amide bonds. The molecule has 4 nitrogen and oxygen atoms in total. The minimum Gasteiger partial charge on any atom is -0.350 e. The van der Waals surface area contributed by atoms with E-state index in [1.54, 1.807) is 11.4 Å². The molecule has 72 valence electrons. The molecule has 0 aliphatic rings. The summed E-state index contributed by atoms with van der Waals surface area (Å²) in [5.41, 5.74) is 0.760. The molecule has 0 spiro atoms. The van der Waals surface area contributed by atoms with E-state index in [1.165, 1.54) is 11.3 Å². The topological polar surface area (TPSA) is 48.1 Å². The summed E-state index contributed by atoms with van der Waals surface area (Å²) in [4.78, 5) is 10.3. The fraction of sp³-hybridized carbons (Fsp3) is 0.111. The van der Waals surface area contributed by atoms with Crippen molar-refractivity contribution in [2.45, 2.75) is 6.54 Å². The van der Waals surface area contributed by atoms with Crippen molar-refractivity contribution in [2.75, 3.05) is 0 Å². The first-order valence-electron chi connectivity index (χ1n) is 4.09. The standard InChI is InChI=1S/C9H8N2O2S/c12-11(13)9-8(3-6-14-9)7-10-4-1-2-5-10/h1-6H,7H2. The van der Waals surface area contributed by atoms with E-state index in [0.717, 1.165) is 5.56 Å².